The number of hydrogen-bond donors (Lipinski definition) is 2. The SMILES string of the molecule is NC(=O)c1c(F)cc(F)cc1CCC(=O)N1CCC2(CC1)C(=O)N(CC(=O)NC1CCCCC1)CN2c1ccccc1. The fraction of sp³-hybridized carbons (Fsp3) is 0.484. The summed E-state index contributed by atoms with van der Waals surface area (Å²) in [6, 6.07) is 11.4. The normalized spacial score (nSPS) is 18.9. The summed E-state index contributed by atoms with van der Waals surface area (Å²) in [4.78, 5) is 57.0. The summed E-state index contributed by atoms with van der Waals surface area (Å²) in [5, 5.41) is 3.10. The first-order chi connectivity index (χ1) is 20.2. The van der Waals surface area contributed by atoms with Crippen LogP contribution in [0.15, 0.2) is 42.5 Å². The Labute approximate surface area is 244 Å². The van der Waals surface area contributed by atoms with Crippen molar-refractivity contribution in [1.82, 2.24) is 15.1 Å². The molecule has 3 fully saturated rings. The van der Waals surface area contributed by atoms with Gasteiger partial charge in [-0.05, 0) is 55.9 Å². The van der Waals surface area contributed by atoms with Gasteiger partial charge in [0.1, 0.15) is 23.7 Å². The number of benzene rings is 2. The van der Waals surface area contributed by atoms with Crippen LogP contribution in [0.3, 0.4) is 0 Å². The third-order valence-electron chi connectivity index (χ3n) is 8.82. The van der Waals surface area contributed by atoms with E-state index in [-0.39, 0.29) is 55.4 Å². The van der Waals surface area contributed by atoms with Crippen molar-refractivity contribution >= 4 is 29.3 Å². The van der Waals surface area contributed by atoms with E-state index in [9.17, 15) is 28.0 Å². The zero-order valence-corrected chi connectivity index (χ0v) is 23.6. The Hall–Kier alpha value is -4.02. The van der Waals surface area contributed by atoms with Crippen molar-refractivity contribution in [2.24, 2.45) is 5.73 Å². The molecule has 0 bridgehead atoms. The number of anilines is 1. The molecule has 2 aliphatic heterocycles. The highest BCUT2D eigenvalue weighted by Gasteiger charge is 2.54. The van der Waals surface area contributed by atoms with Gasteiger partial charge in [0.05, 0.1) is 12.2 Å². The number of likely N-dealkylation sites (tertiary alicyclic amines) is 1. The van der Waals surface area contributed by atoms with Gasteiger partial charge in [-0.1, -0.05) is 37.5 Å². The van der Waals surface area contributed by atoms with E-state index in [1.54, 1.807) is 9.80 Å². The molecule has 1 saturated carbocycles. The van der Waals surface area contributed by atoms with Crippen LogP contribution in [0, 0.1) is 11.6 Å². The summed E-state index contributed by atoms with van der Waals surface area (Å²) in [6.45, 7) is 0.859. The minimum atomic E-state index is -1.05. The number of primary amides is 1. The van der Waals surface area contributed by atoms with E-state index in [4.69, 9.17) is 5.73 Å². The van der Waals surface area contributed by atoms with Gasteiger partial charge in [0, 0.05) is 37.3 Å². The van der Waals surface area contributed by atoms with Crippen LogP contribution in [-0.4, -0.2) is 71.3 Å². The molecule has 3 N–H and O–H groups in total. The van der Waals surface area contributed by atoms with Crippen LogP contribution in [0.5, 0.6) is 0 Å². The number of amides is 4. The molecule has 1 spiro atoms. The lowest BCUT2D eigenvalue weighted by atomic mass is 9.85. The van der Waals surface area contributed by atoms with E-state index in [0.29, 0.717) is 32.0 Å². The average molecular weight is 582 g/mol. The van der Waals surface area contributed by atoms with Crippen molar-refractivity contribution in [3.63, 3.8) is 0 Å². The predicted molar refractivity (Wildman–Crippen MR) is 152 cm³/mol. The van der Waals surface area contributed by atoms with E-state index in [1.807, 2.05) is 35.2 Å². The molecule has 5 rings (SSSR count). The van der Waals surface area contributed by atoms with Gasteiger partial charge < -0.3 is 25.8 Å². The molecule has 2 saturated heterocycles. The van der Waals surface area contributed by atoms with Crippen LogP contribution in [0.4, 0.5) is 14.5 Å². The van der Waals surface area contributed by atoms with Gasteiger partial charge in [0.2, 0.25) is 11.8 Å². The number of piperidine rings is 1. The third kappa shape index (κ3) is 6.10. The number of rotatable bonds is 8. The Morgan fingerprint density at radius 1 is 1.00 bits per heavy atom. The molecule has 42 heavy (non-hydrogen) atoms. The Balaban J connectivity index is 1.26. The molecule has 0 atom stereocenters. The molecule has 3 aliphatic rings. The number of halogens is 2. The van der Waals surface area contributed by atoms with Gasteiger partial charge in [-0.15, -0.1) is 0 Å². The summed E-state index contributed by atoms with van der Waals surface area (Å²) in [5.41, 5.74) is 4.89. The van der Waals surface area contributed by atoms with Crippen LogP contribution in [-0.2, 0) is 20.8 Å². The van der Waals surface area contributed by atoms with Gasteiger partial charge in [0.25, 0.3) is 11.8 Å². The molecule has 224 valence electrons. The van der Waals surface area contributed by atoms with E-state index in [0.717, 1.165) is 37.4 Å². The molecule has 11 heteroatoms. The maximum Gasteiger partial charge on any atom is 0.251 e. The lowest BCUT2D eigenvalue weighted by molar-refractivity contribution is -0.140. The molecule has 0 radical (unpaired) electrons. The molecule has 2 heterocycles. The van der Waals surface area contributed by atoms with E-state index < -0.39 is 28.6 Å². The van der Waals surface area contributed by atoms with Gasteiger partial charge in [-0.25, -0.2) is 8.78 Å². The zero-order chi connectivity index (χ0) is 29.9. The van der Waals surface area contributed by atoms with E-state index in [2.05, 4.69) is 5.32 Å². The highest BCUT2D eigenvalue weighted by Crippen LogP contribution is 2.39. The molecular formula is C31H37F2N5O4. The lowest BCUT2D eigenvalue weighted by Gasteiger charge is -2.43. The molecule has 0 unspecified atom stereocenters. The second kappa shape index (κ2) is 12.5. The second-order valence-corrected chi connectivity index (χ2v) is 11.5. The minimum absolute atomic E-state index is 0.0184. The fourth-order valence-electron chi connectivity index (χ4n) is 6.64. The highest BCUT2D eigenvalue weighted by atomic mass is 19.1. The summed E-state index contributed by atoms with van der Waals surface area (Å²) in [6.07, 6.45) is 5.92. The lowest BCUT2D eigenvalue weighted by Crippen LogP contribution is -2.57. The van der Waals surface area contributed by atoms with Crippen molar-refractivity contribution < 1.29 is 28.0 Å². The van der Waals surface area contributed by atoms with Crippen molar-refractivity contribution in [3.8, 4) is 0 Å². The number of nitrogens with zero attached hydrogens (tertiary/aromatic N) is 3. The maximum absolute atomic E-state index is 14.1. The van der Waals surface area contributed by atoms with Crippen molar-refractivity contribution in [2.75, 3.05) is 31.2 Å². The molecular weight excluding hydrogens is 544 g/mol. The molecule has 0 aromatic heterocycles. The van der Waals surface area contributed by atoms with Crippen molar-refractivity contribution in [2.45, 2.75) is 69.4 Å². The van der Waals surface area contributed by atoms with E-state index >= 15 is 0 Å². The second-order valence-electron chi connectivity index (χ2n) is 11.5. The zero-order valence-electron chi connectivity index (χ0n) is 23.6. The predicted octanol–water partition coefficient (Wildman–Crippen LogP) is 3.11. The minimum Gasteiger partial charge on any atom is -0.365 e. The Bertz CT molecular complexity index is 1340. The largest absolute Gasteiger partial charge is 0.365 e. The first-order valence-corrected chi connectivity index (χ1v) is 14.6. The smallest absolute Gasteiger partial charge is 0.251 e. The number of carbonyl (C=O) groups excluding carboxylic acids is 4. The Morgan fingerprint density at radius 3 is 2.36 bits per heavy atom. The Kier molecular flexibility index (Phi) is 8.74. The number of carbonyl (C=O) groups is 4. The van der Waals surface area contributed by atoms with Gasteiger partial charge in [0.15, 0.2) is 0 Å². The van der Waals surface area contributed by atoms with Crippen LogP contribution in [0.2, 0.25) is 0 Å². The van der Waals surface area contributed by atoms with Crippen LogP contribution in [0.25, 0.3) is 0 Å². The van der Waals surface area contributed by atoms with Crippen molar-refractivity contribution in [1.29, 1.82) is 0 Å². The summed E-state index contributed by atoms with van der Waals surface area (Å²) in [7, 11) is 0. The third-order valence-corrected chi connectivity index (χ3v) is 8.82. The Morgan fingerprint density at radius 2 is 1.69 bits per heavy atom. The van der Waals surface area contributed by atoms with Crippen LogP contribution >= 0.6 is 0 Å². The first-order valence-electron chi connectivity index (χ1n) is 14.6. The first kappa shape index (κ1) is 29.5. The number of para-hydroxylation sites is 1. The standard InChI is InChI=1S/C31H37F2N5O4/c32-22-17-21(28(29(34)41)25(33)18-22)11-12-27(40)36-15-13-31(14-16-36)30(42)37(20-38(31)24-9-5-2-6-10-24)19-26(39)35-23-7-3-1-4-8-23/h2,5-6,9-10,17-18,23H,1,3-4,7-8,11-16,19-20H2,(H2,34,41)(H,35,39). The van der Waals surface area contributed by atoms with Crippen LogP contribution in [0.1, 0.15) is 67.3 Å². The quantitative estimate of drug-likeness (QED) is 0.497. The topological polar surface area (TPSA) is 116 Å². The summed E-state index contributed by atoms with van der Waals surface area (Å²) in [5.74, 6) is -3.45. The van der Waals surface area contributed by atoms with Gasteiger partial charge in [-0.3, -0.25) is 19.2 Å². The maximum atomic E-state index is 14.1. The van der Waals surface area contributed by atoms with Gasteiger partial charge in [-0.2, -0.15) is 0 Å². The molecule has 2 aromatic rings. The van der Waals surface area contributed by atoms with Crippen LogP contribution < -0.4 is 16.0 Å². The molecule has 1 aliphatic carbocycles. The van der Waals surface area contributed by atoms with Gasteiger partial charge >= 0.3 is 0 Å². The monoisotopic (exact) mass is 581 g/mol. The molecule has 4 amide bonds. The fourth-order valence-corrected chi connectivity index (χ4v) is 6.64. The van der Waals surface area contributed by atoms with E-state index in [1.165, 1.54) is 6.42 Å². The number of nitrogens with one attached hydrogen (secondary N) is 1. The molecule has 2 aromatic carbocycles. The average Bonchev–Trinajstić information content (AvgIpc) is 3.22. The highest BCUT2D eigenvalue weighted by molar-refractivity contribution is 5.97. The summed E-state index contributed by atoms with van der Waals surface area (Å²) < 4.78 is 28.0. The number of nitrogens with two attached hydrogens (primary N) is 1. The number of aryl methyl sites for hydroxylation is 1. The number of hydrogen-bond acceptors (Lipinski definition) is 5. The van der Waals surface area contributed by atoms with Crippen molar-refractivity contribution in [3.05, 3.63) is 65.2 Å². The molecule has 9 nitrogen and oxygen atoms in total. The summed E-state index contributed by atoms with van der Waals surface area (Å²) >= 11 is 0.